The number of aliphatic hydroxyl groups excluding tert-OH is 3. The summed E-state index contributed by atoms with van der Waals surface area (Å²) in [6.07, 6.45) is 6.62. The first-order chi connectivity index (χ1) is 19.7. The number of nitrogens with one attached hydrogen (secondary N) is 1. The fourth-order valence-corrected chi connectivity index (χ4v) is 7.08. The molecule has 42 heavy (non-hydrogen) atoms. The minimum Gasteiger partial charge on any atom is -0.511 e. The van der Waals surface area contributed by atoms with Crippen LogP contribution in [0.25, 0.3) is 0 Å². The summed E-state index contributed by atoms with van der Waals surface area (Å²) in [5, 5.41) is 35.0. The molecule has 0 spiro atoms. The van der Waals surface area contributed by atoms with E-state index in [0.717, 1.165) is 54.0 Å². The van der Waals surface area contributed by atoms with Crippen LogP contribution in [0, 0.1) is 5.92 Å². The molecular formula is C33H42N2O6S. The zero-order chi connectivity index (χ0) is 30.6. The summed E-state index contributed by atoms with van der Waals surface area (Å²) in [6.45, 7) is 11.0. The first-order valence-corrected chi connectivity index (χ1v) is 16.1. The van der Waals surface area contributed by atoms with Gasteiger partial charge in [-0.2, -0.15) is 8.42 Å². The number of hydrogen-bond donors (Lipinski definition) is 5. The summed E-state index contributed by atoms with van der Waals surface area (Å²) in [4.78, 5) is 1.88. The third-order valence-corrected chi connectivity index (χ3v) is 10.1. The van der Waals surface area contributed by atoms with Crippen LogP contribution in [0.5, 0.6) is 0 Å². The van der Waals surface area contributed by atoms with E-state index in [0.29, 0.717) is 12.1 Å². The average molecular weight is 595 g/mol. The number of aryl methyl sites for hydroxylation is 1. The summed E-state index contributed by atoms with van der Waals surface area (Å²) in [5.74, 6) is -0.443. The second kappa shape index (κ2) is 10.9. The largest absolute Gasteiger partial charge is 0.511 e. The van der Waals surface area contributed by atoms with Gasteiger partial charge in [-0.05, 0) is 73.2 Å². The fraction of sp³-hybridized carbons (Fsp3) is 0.455. The third kappa shape index (κ3) is 5.06. The van der Waals surface area contributed by atoms with Crippen molar-refractivity contribution < 1.29 is 28.3 Å². The molecule has 0 amide bonds. The summed E-state index contributed by atoms with van der Waals surface area (Å²) in [6, 6.07) is 11.1. The molecule has 2 heterocycles. The van der Waals surface area contributed by atoms with Crippen molar-refractivity contribution in [1.82, 2.24) is 0 Å². The van der Waals surface area contributed by atoms with Crippen molar-refractivity contribution in [3.8, 4) is 0 Å². The summed E-state index contributed by atoms with van der Waals surface area (Å²) in [7, 11) is -4.36. The Balaban J connectivity index is 1.41. The second-order valence-corrected chi connectivity index (χ2v) is 14.0. The van der Waals surface area contributed by atoms with Gasteiger partial charge in [-0.3, -0.25) is 4.55 Å². The standard InChI is InChI=1S/C33H42N2O6S/c1-6-35-27-14-12-21(42(39,40)41)17-25(27)33(4,5)29(35)19-23-30(37)22(31(23)38)18-28-32(2,3)24-13-11-20(16-26(24)34-28)10-8-7-9-15-36/h11-14,16-19,22,30,34,36-38H,6-10,15H2,1-5H3,(H,39,40,41). The molecule has 1 aliphatic carbocycles. The number of unbranched alkanes of at least 4 members (excludes halogenated alkanes) is 2. The molecule has 8 nitrogen and oxygen atoms in total. The van der Waals surface area contributed by atoms with Gasteiger partial charge in [0, 0.05) is 52.3 Å². The highest BCUT2D eigenvalue weighted by molar-refractivity contribution is 7.85. The van der Waals surface area contributed by atoms with Crippen molar-refractivity contribution >= 4 is 21.5 Å². The van der Waals surface area contributed by atoms with E-state index in [1.165, 1.54) is 23.3 Å². The van der Waals surface area contributed by atoms with Crippen LogP contribution in [0.2, 0.25) is 0 Å². The molecule has 2 aliphatic heterocycles. The highest BCUT2D eigenvalue weighted by atomic mass is 32.2. The van der Waals surface area contributed by atoms with Crippen molar-refractivity contribution in [2.45, 2.75) is 82.1 Å². The molecule has 5 rings (SSSR count). The minimum atomic E-state index is -4.36. The highest BCUT2D eigenvalue weighted by Gasteiger charge is 2.45. The second-order valence-electron chi connectivity index (χ2n) is 12.6. The van der Waals surface area contributed by atoms with Crippen LogP contribution in [0.1, 0.15) is 70.6 Å². The Kier molecular flexibility index (Phi) is 7.85. The molecular weight excluding hydrogens is 552 g/mol. The Morgan fingerprint density at radius 2 is 1.74 bits per heavy atom. The molecule has 9 heteroatoms. The van der Waals surface area contributed by atoms with Crippen molar-refractivity contribution in [2.75, 3.05) is 23.4 Å². The van der Waals surface area contributed by atoms with Gasteiger partial charge in [0.2, 0.25) is 0 Å². The zero-order valence-electron chi connectivity index (χ0n) is 25.0. The van der Waals surface area contributed by atoms with E-state index < -0.39 is 27.6 Å². The van der Waals surface area contributed by atoms with Gasteiger partial charge in [0.05, 0.1) is 16.9 Å². The van der Waals surface area contributed by atoms with Gasteiger partial charge in [-0.15, -0.1) is 0 Å². The number of hydrogen-bond acceptors (Lipinski definition) is 7. The van der Waals surface area contributed by atoms with Gasteiger partial charge >= 0.3 is 0 Å². The van der Waals surface area contributed by atoms with Crippen LogP contribution in [0.4, 0.5) is 11.4 Å². The summed E-state index contributed by atoms with van der Waals surface area (Å²) < 4.78 is 33.2. The molecule has 2 aromatic carbocycles. The molecule has 0 aromatic heterocycles. The molecule has 226 valence electrons. The normalized spacial score (nSPS) is 24.1. The van der Waals surface area contributed by atoms with Crippen LogP contribution in [0.15, 0.2) is 76.2 Å². The lowest BCUT2D eigenvalue weighted by atomic mass is 9.75. The lowest BCUT2D eigenvalue weighted by Gasteiger charge is -2.35. The Bertz CT molecular complexity index is 1600. The monoisotopic (exact) mass is 594 g/mol. The molecule has 0 bridgehead atoms. The molecule has 0 saturated heterocycles. The Morgan fingerprint density at radius 3 is 2.38 bits per heavy atom. The fourth-order valence-electron chi connectivity index (χ4n) is 6.57. The third-order valence-electron chi connectivity index (χ3n) is 9.21. The predicted molar refractivity (Wildman–Crippen MR) is 165 cm³/mol. The van der Waals surface area contributed by atoms with Gasteiger partial charge in [0.25, 0.3) is 10.1 Å². The van der Waals surface area contributed by atoms with Crippen LogP contribution in [-0.2, 0) is 27.4 Å². The maximum Gasteiger partial charge on any atom is 0.294 e. The smallest absolute Gasteiger partial charge is 0.294 e. The van der Waals surface area contributed by atoms with Crippen molar-refractivity contribution in [1.29, 1.82) is 0 Å². The van der Waals surface area contributed by atoms with Crippen molar-refractivity contribution in [2.24, 2.45) is 5.92 Å². The number of fused-ring (bicyclic) bond motifs is 2. The van der Waals surface area contributed by atoms with Crippen LogP contribution >= 0.6 is 0 Å². The number of rotatable bonds is 9. The summed E-state index contributed by atoms with van der Waals surface area (Å²) in [5.41, 5.74) is 6.28. The van der Waals surface area contributed by atoms with E-state index in [1.54, 1.807) is 6.07 Å². The maximum atomic E-state index is 11.8. The minimum absolute atomic E-state index is 0.113. The lowest BCUT2D eigenvalue weighted by molar-refractivity contribution is 0.112. The van der Waals surface area contributed by atoms with E-state index in [4.69, 9.17) is 5.11 Å². The van der Waals surface area contributed by atoms with Crippen molar-refractivity contribution in [3.05, 3.63) is 88.0 Å². The molecule has 3 aliphatic rings. The summed E-state index contributed by atoms with van der Waals surface area (Å²) >= 11 is 0. The van der Waals surface area contributed by atoms with Gasteiger partial charge in [-0.1, -0.05) is 52.3 Å². The Hall–Kier alpha value is -3.11. The Morgan fingerprint density at radius 1 is 1.00 bits per heavy atom. The first-order valence-electron chi connectivity index (χ1n) is 14.7. The van der Waals surface area contributed by atoms with Gasteiger partial charge in [0.1, 0.15) is 5.76 Å². The van der Waals surface area contributed by atoms with Gasteiger partial charge in [0.15, 0.2) is 0 Å². The topological polar surface area (TPSA) is 130 Å². The number of aliphatic hydroxyl groups is 3. The van der Waals surface area contributed by atoms with Crippen LogP contribution in [-0.4, -0.2) is 47.5 Å². The lowest BCUT2D eigenvalue weighted by Crippen LogP contribution is -2.37. The molecule has 0 saturated carbocycles. The molecule has 0 fully saturated rings. The van der Waals surface area contributed by atoms with E-state index in [1.807, 2.05) is 37.8 Å². The van der Waals surface area contributed by atoms with E-state index in [-0.39, 0.29) is 22.7 Å². The Labute approximate surface area is 248 Å². The molecule has 5 N–H and O–H groups in total. The quantitative estimate of drug-likeness (QED) is 0.184. The SMILES string of the molecule is CCN1C(=CC2=C(O)C(C=C3Nc4cc(CCCCCO)ccc4C3(C)C)C2O)C(C)(C)c2cc(S(=O)(=O)O)ccc21. The van der Waals surface area contributed by atoms with Gasteiger partial charge in [-0.25, -0.2) is 0 Å². The number of anilines is 2. The number of nitrogens with zero attached hydrogens (tertiary/aromatic N) is 1. The van der Waals surface area contributed by atoms with E-state index in [9.17, 15) is 23.2 Å². The van der Waals surface area contributed by atoms with Crippen LogP contribution < -0.4 is 10.2 Å². The molecule has 2 unspecified atom stereocenters. The van der Waals surface area contributed by atoms with Crippen molar-refractivity contribution in [3.63, 3.8) is 0 Å². The zero-order valence-corrected chi connectivity index (χ0v) is 25.8. The predicted octanol–water partition coefficient (Wildman–Crippen LogP) is 5.73. The molecule has 0 radical (unpaired) electrons. The van der Waals surface area contributed by atoms with E-state index >= 15 is 0 Å². The highest BCUT2D eigenvalue weighted by Crippen LogP contribution is 2.51. The van der Waals surface area contributed by atoms with E-state index in [2.05, 4.69) is 37.4 Å². The average Bonchev–Trinajstić information content (AvgIpc) is 3.31. The number of benzene rings is 2. The number of likely N-dealkylation sites (N-methyl/N-ethyl adjacent to an activating group) is 1. The molecule has 2 atom stereocenters. The molecule has 2 aromatic rings. The van der Waals surface area contributed by atoms with Crippen LogP contribution in [0.3, 0.4) is 0 Å². The number of allylic oxidation sites excluding steroid dienone is 2. The maximum absolute atomic E-state index is 11.8. The first kappa shape index (κ1) is 30.4. The van der Waals surface area contributed by atoms with Gasteiger partial charge < -0.3 is 25.5 Å².